The van der Waals surface area contributed by atoms with Crippen LogP contribution in [0.15, 0.2) is 35.5 Å². The number of carbonyl (C=O) groups is 2. The molecule has 7 rings (SSSR count). The van der Waals surface area contributed by atoms with Gasteiger partial charge in [0, 0.05) is 31.7 Å². The quantitative estimate of drug-likeness (QED) is 0.175. The maximum atomic E-state index is 12.0. The lowest BCUT2D eigenvalue weighted by molar-refractivity contribution is -0.221. The summed E-state index contributed by atoms with van der Waals surface area (Å²) >= 11 is 0. The molecule has 1 aliphatic heterocycles. The predicted molar refractivity (Wildman–Crippen MR) is 198 cm³/mol. The van der Waals surface area contributed by atoms with E-state index in [0.717, 1.165) is 45.8 Å². The molecule has 6 aliphatic carbocycles. The maximum Gasteiger partial charge on any atom is 0.321 e. The Morgan fingerprint density at radius 3 is 2.24 bits per heavy atom. The second-order valence-electron chi connectivity index (χ2n) is 19.4. The number of aliphatic carboxylic acids is 2. The van der Waals surface area contributed by atoms with Crippen LogP contribution >= 0.6 is 0 Å². The summed E-state index contributed by atoms with van der Waals surface area (Å²) in [6.07, 6.45) is 16.5. The van der Waals surface area contributed by atoms with Gasteiger partial charge < -0.3 is 20.3 Å². The fraction of sp³-hybridized carbons (Fsp3) is 0.814. The third kappa shape index (κ3) is 5.20. The average Bonchev–Trinajstić information content (AvgIpc) is 3.45. The van der Waals surface area contributed by atoms with E-state index in [-0.39, 0.29) is 34.6 Å². The molecule has 5 fully saturated rings. The van der Waals surface area contributed by atoms with Crippen LogP contribution in [-0.2, 0) is 14.3 Å². The Morgan fingerprint density at radius 1 is 0.880 bits per heavy atom. The number of rotatable bonds is 8. The molecule has 0 bridgehead atoms. The predicted octanol–water partition coefficient (Wildman–Crippen LogP) is 8.12. The van der Waals surface area contributed by atoms with Crippen molar-refractivity contribution in [1.29, 1.82) is 0 Å². The molecule has 1 saturated heterocycles. The summed E-state index contributed by atoms with van der Waals surface area (Å²) in [6.45, 7) is 25.8. The van der Waals surface area contributed by atoms with E-state index in [1.54, 1.807) is 0 Å². The van der Waals surface area contributed by atoms with Crippen LogP contribution in [-0.4, -0.2) is 72.0 Å². The molecule has 50 heavy (non-hydrogen) atoms. The highest BCUT2D eigenvalue weighted by Gasteiger charge is 2.70. The Labute approximate surface area is 301 Å². The zero-order valence-corrected chi connectivity index (χ0v) is 32.0. The molecule has 278 valence electrons. The lowest BCUT2D eigenvalue weighted by Gasteiger charge is -2.72. The van der Waals surface area contributed by atoms with E-state index in [0.29, 0.717) is 41.4 Å². The van der Waals surface area contributed by atoms with Crippen molar-refractivity contribution in [2.45, 2.75) is 124 Å². The largest absolute Gasteiger partial charge is 0.480 e. The van der Waals surface area contributed by atoms with E-state index < -0.39 is 17.4 Å². The van der Waals surface area contributed by atoms with Crippen molar-refractivity contribution >= 4 is 11.9 Å². The number of hydrogen-bond donors (Lipinski definition) is 3. The fourth-order valence-electron chi connectivity index (χ4n) is 14.5. The van der Waals surface area contributed by atoms with Gasteiger partial charge in [-0.15, -0.1) is 0 Å². The van der Waals surface area contributed by atoms with Crippen LogP contribution in [0.4, 0.5) is 0 Å². The lowest BCUT2D eigenvalue weighted by atomic mass is 9.33. The van der Waals surface area contributed by atoms with E-state index in [1.165, 1.54) is 68.1 Å². The number of nitrogens with one attached hydrogen (secondary N) is 1. The summed E-state index contributed by atoms with van der Waals surface area (Å²) < 4.78 is 5.62. The molecule has 0 aromatic heterocycles. The second kappa shape index (κ2) is 12.6. The Balaban J connectivity index is 1.15. The van der Waals surface area contributed by atoms with Gasteiger partial charge in [0.05, 0.1) is 13.2 Å². The number of hydrogen-bond acceptors (Lipinski definition) is 5. The first-order valence-corrected chi connectivity index (χ1v) is 20.1. The van der Waals surface area contributed by atoms with Crippen molar-refractivity contribution in [2.24, 2.45) is 56.7 Å². The zero-order valence-electron chi connectivity index (χ0n) is 32.0. The summed E-state index contributed by atoms with van der Waals surface area (Å²) in [5.41, 5.74) is 3.18. The molecule has 7 heteroatoms. The third-order valence-corrected chi connectivity index (χ3v) is 17.3. The molecular weight excluding hydrogens is 624 g/mol. The monoisotopic (exact) mass is 690 g/mol. The Bertz CT molecular complexity index is 1440. The van der Waals surface area contributed by atoms with E-state index in [9.17, 15) is 19.8 Å². The summed E-state index contributed by atoms with van der Waals surface area (Å²) in [4.78, 5) is 26.7. The topological polar surface area (TPSA) is 99.1 Å². The zero-order chi connectivity index (χ0) is 35.9. The molecule has 0 radical (unpaired) electrons. The molecule has 1 heterocycles. The molecule has 4 saturated carbocycles. The Hall–Kier alpha value is -1.96. The number of allylic oxidation sites excluding steroid dienone is 5. The van der Waals surface area contributed by atoms with Gasteiger partial charge in [0.2, 0.25) is 0 Å². The van der Waals surface area contributed by atoms with Crippen LogP contribution in [0.25, 0.3) is 0 Å². The molecule has 9 atom stereocenters. The number of morpholine rings is 1. The molecule has 9 unspecified atom stereocenters. The summed E-state index contributed by atoms with van der Waals surface area (Å²) in [6, 6.07) is 0. The lowest BCUT2D eigenvalue weighted by Crippen LogP contribution is -2.68. The van der Waals surface area contributed by atoms with Gasteiger partial charge in [-0.25, -0.2) is 0 Å². The molecule has 0 spiro atoms. The first-order valence-electron chi connectivity index (χ1n) is 20.1. The maximum absolute atomic E-state index is 12.0. The molecule has 7 aliphatic rings. The normalized spacial score (nSPS) is 43.7. The number of carboxylic acid groups (broad SMARTS) is 2. The van der Waals surface area contributed by atoms with Crippen molar-refractivity contribution in [1.82, 2.24) is 10.2 Å². The summed E-state index contributed by atoms with van der Waals surface area (Å²) in [5.74, 6) is 0.739. The van der Waals surface area contributed by atoms with Crippen molar-refractivity contribution in [3.05, 3.63) is 35.5 Å². The van der Waals surface area contributed by atoms with E-state index >= 15 is 0 Å². The molecule has 0 amide bonds. The SMILES string of the molecule is C=C(C)C1CCC2(NCCN3CCOCC3)CCC3(C)C(CCC4C5(C)CC=C(C6=CCC(C(=O)O)(C(=O)O)CC6)C(C)(C)C5CCC43C)C12. The van der Waals surface area contributed by atoms with Crippen molar-refractivity contribution < 1.29 is 24.5 Å². The van der Waals surface area contributed by atoms with Crippen molar-refractivity contribution in [3.8, 4) is 0 Å². The van der Waals surface area contributed by atoms with Crippen LogP contribution in [0, 0.1) is 56.7 Å². The number of nitrogens with zero attached hydrogens (tertiary/aromatic N) is 1. The minimum Gasteiger partial charge on any atom is -0.480 e. The first kappa shape index (κ1) is 36.4. The number of fused-ring (bicyclic) bond motifs is 7. The number of ether oxygens (including phenoxy) is 1. The van der Waals surface area contributed by atoms with Gasteiger partial charge in [0.25, 0.3) is 0 Å². The van der Waals surface area contributed by atoms with Gasteiger partial charge in [-0.05, 0) is 146 Å². The van der Waals surface area contributed by atoms with Crippen LogP contribution in [0.5, 0.6) is 0 Å². The average molecular weight is 691 g/mol. The van der Waals surface area contributed by atoms with Gasteiger partial charge in [-0.3, -0.25) is 14.5 Å². The first-order chi connectivity index (χ1) is 23.6. The van der Waals surface area contributed by atoms with Gasteiger partial charge >= 0.3 is 11.9 Å². The standard InChI is InChI=1S/C43H66N2O5/c1-28(2)30-12-19-43(44-22-23-45-24-26-50-27-25-45)21-20-40(6)32(35(30)43)8-9-34-39(5)15-13-31(38(3,4)33(39)14-16-41(34,40)7)29-10-17-42(18-11-29,36(46)47)37(48)49/h10,13,30,32-35,44H,1,8-9,11-12,14-27H2,2-7H3,(H,46,47)(H,48,49). The highest BCUT2D eigenvalue weighted by molar-refractivity contribution is 5.98. The van der Waals surface area contributed by atoms with Gasteiger partial charge in [-0.2, -0.15) is 0 Å². The van der Waals surface area contributed by atoms with Gasteiger partial charge in [0.1, 0.15) is 0 Å². The third-order valence-electron chi connectivity index (χ3n) is 17.3. The second-order valence-corrected chi connectivity index (χ2v) is 19.4. The van der Waals surface area contributed by atoms with E-state index in [4.69, 9.17) is 4.74 Å². The Kier molecular flexibility index (Phi) is 9.16. The highest BCUT2D eigenvalue weighted by Crippen LogP contribution is 2.76. The van der Waals surface area contributed by atoms with Crippen molar-refractivity contribution in [3.63, 3.8) is 0 Å². The van der Waals surface area contributed by atoms with Crippen LogP contribution < -0.4 is 5.32 Å². The fourth-order valence-corrected chi connectivity index (χ4v) is 14.5. The van der Waals surface area contributed by atoms with Gasteiger partial charge in [-0.1, -0.05) is 58.9 Å². The minimum atomic E-state index is -1.70. The van der Waals surface area contributed by atoms with E-state index in [1.807, 2.05) is 6.08 Å². The number of carboxylic acids is 2. The summed E-state index contributed by atoms with van der Waals surface area (Å²) in [7, 11) is 0. The van der Waals surface area contributed by atoms with Crippen LogP contribution in [0.2, 0.25) is 0 Å². The molecule has 0 aromatic rings. The summed E-state index contributed by atoms with van der Waals surface area (Å²) in [5, 5.41) is 24.0. The smallest absolute Gasteiger partial charge is 0.321 e. The minimum absolute atomic E-state index is 0.0486. The molecular formula is C43H66N2O5. The van der Waals surface area contributed by atoms with Crippen molar-refractivity contribution in [2.75, 3.05) is 39.4 Å². The molecule has 3 N–H and O–H groups in total. The molecule has 0 aromatic carbocycles. The molecule has 7 nitrogen and oxygen atoms in total. The van der Waals surface area contributed by atoms with Crippen LogP contribution in [0.1, 0.15) is 119 Å². The van der Waals surface area contributed by atoms with Crippen LogP contribution in [0.3, 0.4) is 0 Å². The Morgan fingerprint density at radius 2 is 1.60 bits per heavy atom. The highest BCUT2D eigenvalue weighted by atomic mass is 16.5. The van der Waals surface area contributed by atoms with Gasteiger partial charge in [0.15, 0.2) is 5.41 Å². The van der Waals surface area contributed by atoms with E-state index in [2.05, 4.69) is 64.4 Å².